The summed E-state index contributed by atoms with van der Waals surface area (Å²) < 4.78 is 0. The van der Waals surface area contributed by atoms with E-state index < -0.39 is 4.92 Å². The number of benzene rings is 1. The SMILES string of the molecule is CNC(=O)c1ccc([N+](=O)[O-])c(NCc2nn[nH]n2)c1. The smallest absolute Gasteiger partial charge is 0.292 e. The molecular formula is C10H11N7O3. The summed E-state index contributed by atoms with van der Waals surface area (Å²) in [6.45, 7) is 0.147. The lowest BCUT2D eigenvalue weighted by Gasteiger charge is -2.07. The van der Waals surface area contributed by atoms with E-state index in [2.05, 4.69) is 31.3 Å². The van der Waals surface area contributed by atoms with Gasteiger partial charge in [0.2, 0.25) is 0 Å². The zero-order valence-electron chi connectivity index (χ0n) is 10.5. The first kappa shape index (κ1) is 13.4. The van der Waals surface area contributed by atoms with Crippen LogP contribution in [-0.4, -0.2) is 38.5 Å². The number of tetrazole rings is 1. The van der Waals surface area contributed by atoms with Gasteiger partial charge in [0.1, 0.15) is 5.69 Å². The van der Waals surface area contributed by atoms with Crippen molar-refractivity contribution in [2.75, 3.05) is 12.4 Å². The summed E-state index contributed by atoms with van der Waals surface area (Å²) in [7, 11) is 1.48. The molecule has 0 spiro atoms. The number of rotatable bonds is 5. The monoisotopic (exact) mass is 277 g/mol. The fourth-order valence-corrected chi connectivity index (χ4v) is 1.55. The van der Waals surface area contributed by atoms with E-state index >= 15 is 0 Å². The summed E-state index contributed by atoms with van der Waals surface area (Å²) >= 11 is 0. The van der Waals surface area contributed by atoms with Gasteiger partial charge in [-0.2, -0.15) is 5.21 Å². The van der Waals surface area contributed by atoms with Crippen LogP contribution in [0, 0.1) is 10.1 Å². The number of carbonyl (C=O) groups is 1. The first-order valence-electron chi connectivity index (χ1n) is 5.58. The number of H-pyrrole nitrogens is 1. The van der Waals surface area contributed by atoms with Crippen LogP contribution >= 0.6 is 0 Å². The van der Waals surface area contributed by atoms with Gasteiger partial charge in [-0.05, 0) is 12.1 Å². The molecular weight excluding hydrogens is 266 g/mol. The Morgan fingerprint density at radius 1 is 1.50 bits per heavy atom. The zero-order valence-corrected chi connectivity index (χ0v) is 10.5. The van der Waals surface area contributed by atoms with Crippen molar-refractivity contribution in [3.63, 3.8) is 0 Å². The van der Waals surface area contributed by atoms with Gasteiger partial charge in [0, 0.05) is 18.7 Å². The van der Waals surface area contributed by atoms with Gasteiger partial charge in [0.05, 0.1) is 11.5 Å². The maximum Gasteiger partial charge on any atom is 0.292 e. The number of nitro benzene ring substituents is 1. The number of hydrogen-bond donors (Lipinski definition) is 3. The van der Waals surface area contributed by atoms with E-state index in [0.29, 0.717) is 11.4 Å². The summed E-state index contributed by atoms with van der Waals surface area (Å²) in [5, 5.41) is 29.3. The van der Waals surface area contributed by atoms with Crippen LogP contribution in [0.1, 0.15) is 16.2 Å². The maximum absolute atomic E-state index is 11.5. The van der Waals surface area contributed by atoms with Gasteiger partial charge in [0.25, 0.3) is 11.6 Å². The van der Waals surface area contributed by atoms with Crippen LogP contribution in [-0.2, 0) is 6.54 Å². The first-order chi connectivity index (χ1) is 9.61. The molecule has 1 aromatic heterocycles. The Morgan fingerprint density at radius 3 is 2.90 bits per heavy atom. The number of nitrogens with one attached hydrogen (secondary N) is 3. The fraction of sp³-hybridized carbons (Fsp3) is 0.200. The van der Waals surface area contributed by atoms with Crippen molar-refractivity contribution in [1.29, 1.82) is 0 Å². The highest BCUT2D eigenvalue weighted by Gasteiger charge is 2.16. The third kappa shape index (κ3) is 2.85. The summed E-state index contributed by atoms with van der Waals surface area (Å²) in [6.07, 6.45) is 0. The van der Waals surface area contributed by atoms with E-state index in [4.69, 9.17) is 0 Å². The molecule has 20 heavy (non-hydrogen) atoms. The lowest BCUT2D eigenvalue weighted by Crippen LogP contribution is -2.18. The molecule has 0 radical (unpaired) electrons. The van der Waals surface area contributed by atoms with Gasteiger partial charge in [0.15, 0.2) is 5.82 Å². The van der Waals surface area contributed by atoms with Crippen molar-refractivity contribution in [2.24, 2.45) is 0 Å². The van der Waals surface area contributed by atoms with Gasteiger partial charge < -0.3 is 10.6 Å². The van der Waals surface area contributed by atoms with Crippen molar-refractivity contribution >= 4 is 17.3 Å². The summed E-state index contributed by atoms with van der Waals surface area (Å²) in [5.74, 6) is 0.0205. The Hall–Kier alpha value is -3.04. The van der Waals surface area contributed by atoms with E-state index in [0.717, 1.165) is 0 Å². The van der Waals surface area contributed by atoms with Crippen molar-refractivity contribution < 1.29 is 9.72 Å². The molecule has 10 heteroatoms. The number of amides is 1. The molecule has 104 valence electrons. The van der Waals surface area contributed by atoms with Crippen LogP contribution < -0.4 is 10.6 Å². The molecule has 2 aromatic rings. The molecule has 0 fully saturated rings. The quantitative estimate of drug-likeness (QED) is 0.519. The summed E-state index contributed by atoms with van der Waals surface area (Å²) in [5.41, 5.74) is 0.385. The van der Waals surface area contributed by atoms with E-state index in [1.165, 1.54) is 25.2 Å². The molecule has 0 atom stereocenters. The molecule has 0 aliphatic rings. The summed E-state index contributed by atoms with van der Waals surface area (Å²) in [6, 6.07) is 4.05. The molecule has 0 unspecified atom stereocenters. The number of aromatic amines is 1. The molecule has 0 aliphatic heterocycles. The number of hydrogen-bond acceptors (Lipinski definition) is 7. The zero-order chi connectivity index (χ0) is 14.5. The molecule has 0 aliphatic carbocycles. The van der Waals surface area contributed by atoms with Crippen LogP contribution in [0.3, 0.4) is 0 Å². The largest absolute Gasteiger partial charge is 0.372 e. The number of nitro groups is 1. The third-order valence-corrected chi connectivity index (χ3v) is 2.51. The second-order valence-corrected chi connectivity index (χ2v) is 3.75. The van der Waals surface area contributed by atoms with Crippen LogP contribution in [0.15, 0.2) is 18.2 Å². The fourth-order valence-electron chi connectivity index (χ4n) is 1.55. The molecule has 2 rings (SSSR count). The molecule has 1 heterocycles. The van der Waals surface area contributed by atoms with Gasteiger partial charge in [-0.1, -0.05) is 5.21 Å². The maximum atomic E-state index is 11.5. The van der Waals surface area contributed by atoms with Gasteiger partial charge in [-0.25, -0.2) is 0 Å². The minimum atomic E-state index is -0.536. The third-order valence-electron chi connectivity index (χ3n) is 2.51. The van der Waals surface area contributed by atoms with Crippen LogP contribution in [0.5, 0.6) is 0 Å². The van der Waals surface area contributed by atoms with Crippen molar-refractivity contribution in [3.8, 4) is 0 Å². The molecule has 3 N–H and O–H groups in total. The average Bonchev–Trinajstić information content (AvgIpc) is 2.97. The Bertz CT molecular complexity index is 626. The second-order valence-electron chi connectivity index (χ2n) is 3.75. The summed E-state index contributed by atoms with van der Waals surface area (Å²) in [4.78, 5) is 21.9. The Balaban J connectivity index is 2.26. The highest BCUT2D eigenvalue weighted by Crippen LogP contribution is 2.25. The normalized spacial score (nSPS) is 10.1. The molecule has 1 amide bonds. The standard InChI is InChI=1S/C10H11N7O3/c1-11-10(18)6-2-3-8(17(19)20)7(4-6)12-5-9-13-15-16-14-9/h2-4,12H,5H2,1H3,(H,11,18)(H,13,14,15,16). The number of anilines is 1. The predicted octanol–water partition coefficient (Wildman–Crippen LogP) is 0.0796. The topological polar surface area (TPSA) is 139 Å². The average molecular weight is 277 g/mol. The minimum absolute atomic E-state index is 0.138. The van der Waals surface area contributed by atoms with Crippen molar-refractivity contribution in [1.82, 2.24) is 25.9 Å². The second kappa shape index (κ2) is 5.73. The van der Waals surface area contributed by atoms with E-state index in [9.17, 15) is 14.9 Å². The lowest BCUT2D eigenvalue weighted by atomic mass is 10.1. The Labute approximate surface area is 112 Å². The van der Waals surface area contributed by atoms with E-state index in [1.807, 2.05) is 0 Å². The minimum Gasteiger partial charge on any atom is -0.372 e. The molecule has 0 bridgehead atoms. The van der Waals surface area contributed by atoms with Gasteiger partial charge >= 0.3 is 0 Å². The number of nitrogens with zero attached hydrogens (tertiary/aromatic N) is 4. The van der Waals surface area contributed by atoms with Crippen LogP contribution in [0.25, 0.3) is 0 Å². The molecule has 0 saturated heterocycles. The lowest BCUT2D eigenvalue weighted by molar-refractivity contribution is -0.384. The van der Waals surface area contributed by atoms with Gasteiger partial charge in [-0.3, -0.25) is 14.9 Å². The number of aromatic nitrogens is 4. The Kier molecular flexibility index (Phi) is 3.84. The van der Waals surface area contributed by atoms with E-state index in [-0.39, 0.29) is 23.8 Å². The van der Waals surface area contributed by atoms with Crippen LogP contribution in [0.4, 0.5) is 11.4 Å². The predicted molar refractivity (Wildman–Crippen MR) is 68.0 cm³/mol. The van der Waals surface area contributed by atoms with Crippen LogP contribution in [0.2, 0.25) is 0 Å². The highest BCUT2D eigenvalue weighted by atomic mass is 16.6. The van der Waals surface area contributed by atoms with Crippen molar-refractivity contribution in [3.05, 3.63) is 39.7 Å². The molecule has 0 saturated carbocycles. The highest BCUT2D eigenvalue weighted by molar-refractivity contribution is 5.95. The van der Waals surface area contributed by atoms with Crippen molar-refractivity contribution in [2.45, 2.75) is 6.54 Å². The number of carbonyl (C=O) groups excluding carboxylic acids is 1. The first-order valence-corrected chi connectivity index (χ1v) is 5.58. The van der Waals surface area contributed by atoms with E-state index in [1.54, 1.807) is 0 Å². The Morgan fingerprint density at radius 2 is 2.30 bits per heavy atom. The van der Waals surface area contributed by atoms with Gasteiger partial charge in [-0.15, -0.1) is 10.2 Å². The molecule has 10 nitrogen and oxygen atoms in total. The molecule has 1 aromatic carbocycles.